The van der Waals surface area contributed by atoms with Gasteiger partial charge in [0.25, 0.3) is 10.2 Å². The minimum atomic E-state index is -3.80. The van der Waals surface area contributed by atoms with E-state index < -0.39 is 28.2 Å². The number of likely N-dealkylation sites (N-methyl/N-ethyl adjacent to an activating group) is 1. The van der Waals surface area contributed by atoms with Crippen LogP contribution in [0.3, 0.4) is 0 Å². The molecule has 0 spiro atoms. The number of aryl methyl sites for hydroxylation is 2. The Morgan fingerprint density at radius 1 is 1.38 bits per heavy atom. The summed E-state index contributed by atoms with van der Waals surface area (Å²) in [6.07, 6.45) is 2.05. The maximum Gasteiger partial charge on any atom is 0.280 e. The molecule has 0 aliphatic carbocycles. The summed E-state index contributed by atoms with van der Waals surface area (Å²) in [5.74, 6) is -0.411. The Morgan fingerprint density at radius 3 is 2.73 bits per heavy atom. The molecule has 0 unspecified atom stereocenters. The van der Waals surface area contributed by atoms with Crippen LogP contribution >= 0.6 is 11.6 Å². The zero-order valence-electron chi connectivity index (χ0n) is 14.6. The number of rotatable bonds is 3. The highest BCUT2D eigenvalue weighted by Crippen LogP contribution is 2.30. The molecule has 1 aliphatic heterocycles. The fourth-order valence-corrected chi connectivity index (χ4v) is 4.52. The molecular weight excluding hydrogens is 378 g/mol. The lowest BCUT2D eigenvalue weighted by Gasteiger charge is -2.36. The van der Waals surface area contributed by atoms with Crippen molar-refractivity contribution in [2.24, 2.45) is 7.05 Å². The van der Waals surface area contributed by atoms with Crippen LogP contribution in [-0.2, 0) is 22.1 Å². The van der Waals surface area contributed by atoms with Crippen molar-refractivity contribution in [1.82, 2.24) is 18.8 Å². The third kappa shape index (κ3) is 3.75. The molecule has 1 fully saturated rings. The molecule has 0 bridgehead atoms. The maximum atomic E-state index is 12.7. The molecule has 2 heterocycles. The van der Waals surface area contributed by atoms with E-state index in [-0.39, 0.29) is 6.42 Å². The Hall–Kier alpha value is -1.94. The van der Waals surface area contributed by atoms with Crippen molar-refractivity contribution in [1.29, 1.82) is 0 Å². The highest BCUT2D eigenvalue weighted by atomic mass is 35.5. The van der Waals surface area contributed by atoms with Crippen molar-refractivity contribution >= 4 is 33.4 Å². The van der Waals surface area contributed by atoms with Gasteiger partial charge in [-0.25, -0.2) is 0 Å². The van der Waals surface area contributed by atoms with E-state index in [1.807, 2.05) is 6.92 Å². The average molecular weight is 398 g/mol. The summed E-state index contributed by atoms with van der Waals surface area (Å²) in [4.78, 5) is 12.7. The number of anilines is 1. The van der Waals surface area contributed by atoms with Crippen LogP contribution in [0.2, 0.25) is 5.02 Å². The topological polar surface area (TPSA) is 96.3 Å². The first-order chi connectivity index (χ1) is 12.2. The molecule has 26 heavy (non-hydrogen) atoms. The van der Waals surface area contributed by atoms with Crippen LogP contribution in [0.15, 0.2) is 30.5 Å². The minimum Gasteiger partial charge on any atom is -0.325 e. The lowest BCUT2D eigenvalue weighted by atomic mass is 10.00. The van der Waals surface area contributed by atoms with Gasteiger partial charge < -0.3 is 5.32 Å². The van der Waals surface area contributed by atoms with Gasteiger partial charge in [-0.3, -0.25) is 9.48 Å². The molecule has 2 N–H and O–H groups in total. The average Bonchev–Trinajstić information content (AvgIpc) is 2.88. The van der Waals surface area contributed by atoms with Gasteiger partial charge >= 0.3 is 0 Å². The SMILES string of the molecule is Cc1nn(C)cc1[C@@H]1C[C@@H](C(=O)Nc2cccc(Cl)c2)N(C)S(=O)(=O)N1. The molecule has 0 saturated carbocycles. The zero-order chi connectivity index (χ0) is 19.1. The Labute approximate surface area is 157 Å². The van der Waals surface area contributed by atoms with Gasteiger partial charge in [0.05, 0.1) is 11.7 Å². The Balaban J connectivity index is 1.87. The van der Waals surface area contributed by atoms with E-state index in [1.54, 1.807) is 42.2 Å². The molecule has 3 rings (SSSR count). The highest BCUT2D eigenvalue weighted by Gasteiger charge is 2.41. The van der Waals surface area contributed by atoms with Gasteiger partial charge in [-0.1, -0.05) is 17.7 Å². The molecular formula is C16H20ClN5O3S. The van der Waals surface area contributed by atoms with Crippen LogP contribution in [0.5, 0.6) is 0 Å². The van der Waals surface area contributed by atoms with E-state index >= 15 is 0 Å². The number of amides is 1. The number of carbonyl (C=O) groups excluding carboxylic acids is 1. The molecule has 1 amide bonds. The number of hydrogen-bond acceptors (Lipinski definition) is 4. The van der Waals surface area contributed by atoms with Gasteiger partial charge in [0.1, 0.15) is 6.04 Å². The second-order valence-corrected chi connectivity index (χ2v) is 8.48. The molecule has 2 atom stereocenters. The number of benzene rings is 1. The predicted octanol–water partition coefficient (Wildman–Crippen LogP) is 1.60. The minimum absolute atomic E-state index is 0.286. The second-order valence-electron chi connectivity index (χ2n) is 6.29. The Bertz CT molecular complexity index is 943. The van der Waals surface area contributed by atoms with Gasteiger partial charge in [-0.2, -0.15) is 22.5 Å². The van der Waals surface area contributed by atoms with Crippen LogP contribution in [0.4, 0.5) is 5.69 Å². The van der Waals surface area contributed by atoms with Crippen molar-refractivity contribution in [3.63, 3.8) is 0 Å². The van der Waals surface area contributed by atoms with Crippen LogP contribution in [-0.4, -0.2) is 41.5 Å². The Morgan fingerprint density at radius 2 is 2.12 bits per heavy atom. The third-order valence-electron chi connectivity index (χ3n) is 4.39. The standard InChI is InChI=1S/C16H20ClN5O3S/c1-10-13(9-21(2)19-10)14-8-15(22(3)26(24,25)20-14)16(23)18-12-6-4-5-11(17)7-12/h4-7,9,14-15,20H,8H2,1-3H3,(H,18,23)/t14-,15-/m0/s1. The lowest BCUT2D eigenvalue weighted by Crippen LogP contribution is -2.56. The normalized spacial score (nSPS) is 22.9. The smallest absolute Gasteiger partial charge is 0.280 e. The summed E-state index contributed by atoms with van der Waals surface area (Å²) < 4.78 is 30.3. The zero-order valence-corrected chi connectivity index (χ0v) is 16.2. The van der Waals surface area contributed by atoms with Crippen molar-refractivity contribution in [2.75, 3.05) is 12.4 Å². The molecule has 1 saturated heterocycles. The fraction of sp³-hybridized carbons (Fsp3) is 0.375. The van der Waals surface area contributed by atoms with E-state index in [1.165, 1.54) is 7.05 Å². The lowest BCUT2D eigenvalue weighted by molar-refractivity contribution is -0.120. The first-order valence-corrected chi connectivity index (χ1v) is 9.81. The Kier molecular flexibility index (Phi) is 5.07. The summed E-state index contributed by atoms with van der Waals surface area (Å²) >= 11 is 5.93. The third-order valence-corrected chi connectivity index (χ3v) is 6.22. The first kappa shape index (κ1) is 18.8. The van der Waals surface area contributed by atoms with Crippen molar-refractivity contribution in [2.45, 2.75) is 25.4 Å². The number of hydrogen-bond donors (Lipinski definition) is 2. The maximum absolute atomic E-state index is 12.7. The molecule has 140 valence electrons. The molecule has 8 nitrogen and oxygen atoms in total. The summed E-state index contributed by atoms with van der Waals surface area (Å²) in [7, 11) is -0.649. The summed E-state index contributed by atoms with van der Waals surface area (Å²) in [5.41, 5.74) is 1.99. The van der Waals surface area contributed by atoms with Crippen LogP contribution < -0.4 is 10.0 Å². The molecule has 1 aliphatic rings. The summed E-state index contributed by atoms with van der Waals surface area (Å²) in [5, 5.41) is 7.47. The van der Waals surface area contributed by atoms with Gasteiger partial charge in [0.15, 0.2) is 0 Å². The van der Waals surface area contributed by atoms with Crippen molar-refractivity contribution < 1.29 is 13.2 Å². The predicted molar refractivity (Wildman–Crippen MR) is 99.0 cm³/mol. The number of nitrogens with one attached hydrogen (secondary N) is 2. The van der Waals surface area contributed by atoms with E-state index in [0.717, 1.165) is 15.6 Å². The first-order valence-electron chi connectivity index (χ1n) is 7.99. The quantitative estimate of drug-likeness (QED) is 0.822. The molecule has 1 aromatic carbocycles. The van der Waals surface area contributed by atoms with Crippen molar-refractivity contribution in [3.05, 3.63) is 46.7 Å². The highest BCUT2D eigenvalue weighted by molar-refractivity contribution is 7.87. The van der Waals surface area contributed by atoms with Gasteiger partial charge in [-0.05, 0) is 31.5 Å². The monoisotopic (exact) mass is 397 g/mol. The van der Waals surface area contributed by atoms with Gasteiger partial charge in [-0.15, -0.1) is 0 Å². The summed E-state index contributed by atoms with van der Waals surface area (Å²) in [6.45, 7) is 1.81. The number of nitrogens with zero attached hydrogens (tertiary/aromatic N) is 3. The molecule has 2 aromatic rings. The van der Waals surface area contributed by atoms with E-state index in [0.29, 0.717) is 10.7 Å². The number of halogens is 1. The molecule has 10 heteroatoms. The van der Waals surface area contributed by atoms with Gasteiger partial charge in [0, 0.05) is 36.6 Å². The summed E-state index contributed by atoms with van der Waals surface area (Å²) in [6, 6.07) is 5.33. The molecule has 1 aromatic heterocycles. The second kappa shape index (κ2) is 6.99. The van der Waals surface area contributed by atoms with E-state index in [9.17, 15) is 13.2 Å². The fourth-order valence-electron chi connectivity index (χ4n) is 3.06. The number of aromatic nitrogens is 2. The van der Waals surface area contributed by atoms with Crippen LogP contribution in [0.1, 0.15) is 23.7 Å². The van der Waals surface area contributed by atoms with E-state index in [2.05, 4.69) is 15.1 Å². The van der Waals surface area contributed by atoms with Gasteiger partial charge in [0.2, 0.25) is 5.91 Å². The van der Waals surface area contributed by atoms with Crippen LogP contribution in [0.25, 0.3) is 0 Å². The molecule has 0 radical (unpaired) electrons. The van der Waals surface area contributed by atoms with E-state index in [4.69, 9.17) is 11.6 Å². The number of carbonyl (C=O) groups is 1. The van der Waals surface area contributed by atoms with Crippen LogP contribution in [0, 0.1) is 6.92 Å². The van der Waals surface area contributed by atoms with Crippen molar-refractivity contribution in [3.8, 4) is 0 Å². The largest absolute Gasteiger partial charge is 0.325 e.